The quantitative estimate of drug-likeness (QED) is 0.704. The molecule has 2 N–H and O–H groups in total. The van der Waals surface area contributed by atoms with E-state index in [0.29, 0.717) is 6.54 Å². The van der Waals surface area contributed by atoms with Crippen molar-refractivity contribution in [2.24, 2.45) is 12.8 Å². The van der Waals surface area contributed by atoms with Gasteiger partial charge in [-0.25, -0.2) is 4.98 Å². The molecule has 0 saturated carbocycles. The summed E-state index contributed by atoms with van der Waals surface area (Å²) in [4.78, 5) is 4.70. The molecule has 0 spiro atoms. The molecule has 2 aromatic heterocycles. The first-order valence-corrected chi connectivity index (χ1v) is 7.54. The number of benzene rings is 1. The van der Waals surface area contributed by atoms with Gasteiger partial charge in [0.25, 0.3) is 0 Å². The zero-order valence-electron chi connectivity index (χ0n) is 9.85. The number of halogens is 1. The van der Waals surface area contributed by atoms with Crippen molar-refractivity contribution in [3.8, 4) is 11.4 Å². The average Bonchev–Trinajstić information content (AvgIpc) is 2.94. The highest BCUT2D eigenvalue weighted by Gasteiger charge is 2.11. The maximum absolute atomic E-state index is 5.68. The molecule has 0 unspecified atom stereocenters. The lowest BCUT2D eigenvalue weighted by molar-refractivity contribution is 0.957. The highest BCUT2D eigenvalue weighted by atomic mass is 127. The molecular formula is C13H12IN3S. The number of nitrogens with zero attached hydrogens (tertiary/aromatic N) is 2. The van der Waals surface area contributed by atoms with Gasteiger partial charge in [-0.1, -0.05) is 6.07 Å². The Balaban J connectivity index is 2.22. The van der Waals surface area contributed by atoms with Crippen molar-refractivity contribution in [2.75, 3.05) is 0 Å². The van der Waals surface area contributed by atoms with Crippen molar-refractivity contribution in [1.82, 2.24) is 9.55 Å². The zero-order valence-corrected chi connectivity index (χ0v) is 12.8. The number of thiophene rings is 1. The molecule has 0 aliphatic rings. The highest BCUT2D eigenvalue weighted by Crippen LogP contribution is 2.28. The molecule has 5 heteroatoms. The first-order chi connectivity index (χ1) is 8.69. The average molecular weight is 369 g/mol. The predicted octanol–water partition coefficient (Wildman–Crippen LogP) is 3.37. The van der Waals surface area contributed by atoms with Crippen LogP contribution < -0.4 is 5.73 Å². The number of hydrogen-bond acceptors (Lipinski definition) is 3. The molecule has 2 heterocycles. The third kappa shape index (κ3) is 1.96. The summed E-state index contributed by atoms with van der Waals surface area (Å²) in [5, 5.41) is 2.15. The van der Waals surface area contributed by atoms with Crippen molar-refractivity contribution in [1.29, 1.82) is 0 Å². The second-order valence-electron chi connectivity index (χ2n) is 4.16. The molecule has 0 aliphatic heterocycles. The van der Waals surface area contributed by atoms with Crippen LogP contribution in [-0.4, -0.2) is 9.55 Å². The Morgan fingerprint density at radius 3 is 2.89 bits per heavy atom. The molecule has 3 nitrogen and oxygen atoms in total. The summed E-state index contributed by atoms with van der Waals surface area (Å²) in [6, 6.07) is 8.36. The predicted molar refractivity (Wildman–Crippen MR) is 84.6 cm³/mol. The molecule has 0 fully saturated rings. The van der Waals surface area contributed by atoms with Crippen LogP contribution >= 0.6 is 33.9 Å². The van der Waals surface area contributed by atoms with Gasteiger partial charge in [-0.15, -0.1) is 11.3 Å². The molecule has 3 rings (SSSR count). The number of rotatable bonds is 2. The van der Waals surface area contributed by atoms with Crippen LogP contribution in [0, 0.1) is 2.88 Å². The standard InChI is InChI=1S/C13H12IN3S/c1-17-11-4-8(6-15)2-3-10(11)16-13(17)9-5-12(14)18-7-9/h2-5,7H,6,15H2,1H3. The minimum absolute atomic E-state index is 0.562. The van der Waals surface area contributed by atoms with Gasteiger partial charge >= 0.3 is 0 Å². The zero-order chi connectivity index (χ0) is 12.7. The lowest BCUT2D eigenvalue weighted by Gasteiger charge is -2.00. The van der Waals surface area contributed by atoms with Crippen LogP contribution in [0.4, 0.5) is 0 Å². The van der Waals surface area contributed by atoms with Crippen molar-refractivity contribution in [3.63, 3.8) is 0 Å². The van der Waals surface area contributed by atoms with E-state index in [1.807, 2.05) is 12.1 Å². The summed E-state index contributed by atoms with van der Waals surface area (Å²) < 4.78 is 3.41. The number of fused-ring (bicyclic) bond motifs is 1. The minimum Gasteiger partial charge on any atom is -0.327 e. The Kier molecular flexibility index (Phi) is 3.13. The summed E-state index contributed by atoms with van der Waals surface area (Å²) in [6.07, 6.45) is 0. The second kappa shape index (κ2) is 4.64. The summed E-state index contributed by atoms with van der Waals surface area (Å²) in [7, 11) is 2.05. The van der Waals surface area contributed by atoms with Gasteiger partial charge in [-0.05, 0) is 46.4 Å². The van der Waals surface area contributed by atoms with E-state index >= 15 is 0 Å². The van der Waals surface area contributed by atoms with Crippen LogP contribution in [0.1, 0.15) is 5.56 Å². The Bertz CT molecular complexity index is 714. The maximum atomic E-state index is 5.68. The van der Waals surface area contributed by atoms with Crippen LogP contribution in [0.3, 0.4) is 0 Å². The van der Waals surface area contributed by atoms with E-state index in [2.05, 4.69) is 51.7 Å². The van der Waals surface area contributed by atoms with E-state index in [4.69, 9.17) is 10.7 Å². The molecule has 92 valence electrons. The topological polar surface area (TPSA) is 43.8 Å². The first-order valence-electron chi connectivity index (χ1n) is 5.59. The van der Waals surface area contributed by atoms with Crippen LogP contribution in [0.2, 0.25) is 0 Å². The molecular weight excluding hydrogens is 357 g/mol. The van der Waals surface area contributed by atoms with Gasteiger partial charge in [0, 0.05) is 24.5 Å². The SMILES string of the molecule is Cn1c(-c2csc(I)c2)nc2ccc(CN)cc21. The van der Waals surface area contributed by atoms with E-state index in [0.717, 1.165) is 22.4 Å². The monoisotopic (exact) mass is 369 g/mol. The minimum atomic E-state index is 0.562. The molecule has 0 radical (unpaired) electrons. The molecule has 0 bridgehead atoms. The van der Waals surface area contributed by atoms with E-state index in [-0.39, 0.29) is 0 Å². The number of imidazole rings is 1. The van der Waals surface area contributed by atoms with Crippen LogP contribution in [-0.2, 0) is 13.6 Å². The Morgan fingerprint density at radius 1 is 1.39 bits per heavy atom. The summed E-state index contributed by atoms with van der Waals surface area (Å²) in [5.41, 5.74) is 10.2. The molecule has 0 atom stereocenters. The van der Waals surface area contributed by atoms with Crippen LogP contribution in [0.5, 0.6) is 0 Å². The lowest BCUT2D eigenvalue weighted by Crippen LogP contribution is -1.96. The highest BCUT2D eigenvalue weighted by molar-refractivity contribution is 14.1. The molecule has 3 aromatic rings. The van der Waals surface area contributed by atoms with E-state index in [9.17, 15) is 0 Å². The van der Waals surface area contributed by atoms with Crippen molar-refractivity contribution < 1.29 is 0 Å². The Morgan fingerprint density at radius 2 is 2.22 bits per heavy atom. The molecule has 0 aliphatic carbocycles. The second-order valence-corrected chi connectivity index (χ2v) is 6.97. The van der Waals surface area contributed by atoms with Crippen molar-refractivity contribution in [2.45, 2.75) is 6.54 Å². The van der Waals surface area contributed by atoms with Gasteiger partial charge in [0.15, 0.2) is 0 Å². The van der Waals surface area contributed by atoms with Crippen LogP contribution in [0.25, 0.3) is 22.4 Å². The lowest BCUT2D eigenvalue weighted by atomic mass is 10.2. The van der Waals surface area contributed by atoms with Gasteiger partial charge in [0.1, 0.15) is 5.82 Å². The van der Waals surface area contributed by atoms with E-state index in [1.54, 1.807) is 11.3 Å². The fourth-order valence-corrected chi connectivity index (χ4v) is 3.37. The number of aryl methyl sites for hydroxylation is 1. The first kappa shape index (κ1) is 12.1. The third-order valence-electron chi connectivity index (χ3n) is 3.01. The maximum Gasteiger partial charge on any atom is 0.141 e. The normalized spacial score (nSPS) is 11.3. The van der Waals surface area contributed by atoms with Gasteiger partial charge in [0.05, 0.1) is 13.9 Å². The number of aromatic nitrogens is 2. The van der Waals surface area contributed by atoms with Gasteiger partial charge < -0.3 is 10.3 Å². The summed E-state index contributed by atoms with van der Waals surface area (Å²) in [6.45, 7) is 0.562. The fourth-order valence-electron chi connectivity index (χ4n) is 2.05. The smallest absolute Gasteiger partial charge is 0.141 e. The Hall–Kier alpha value is -0.920. The van der Waals surface area contributed by atoms with Crippen molar-refractivity contribution >= 4 is 45.0 Å². The van der Waals surface area contributed by atoms with E-state index in [1.165, 1.54) is 8.45 Å². The third-order valence-corrected chi connectivity index (χ3v) is 4.80. The van der Waals surface area contributed by atoms with Gasteiger partial charge in [-0.3, -0.25) is 0 Å². The molecule has 18 heavy (non-hydrogen) atoms. The van der Waals surface area contributed by atoms with Crippen LogP contribution in [0.15, 0.2) is 29.6 Å². The van der Waals surface area contributed by atoms with Gasteiger partial charge in [0.2, 0.25) is 0 Å². The number of hydrogen-bond donors (Lipinski definition) is 1. The largest absolute Gasteiger partial charge is 0.327 e. The van der Waals surface area contributed by atoms with Gasteiger partial charge in [-0.2, -0.15) is 0 Å². The molecule has 1 aromatic carbocycles. The van der Waals surface area contributed by atoms with Crippen molar-refractivity contribution in [3.05, 3.63) is 38.1 Å². The molecule has 0 saturated heterocycles. The summed E-state index contributed by atoms with van der Waals surface area (Å²) >= 11 is 4.07. The summed E-state index contributed by atoms with van der Waals surface area (Å²) in [5.74, 6) is 1.01. The number of nitrogens with two attached hydrogens (primary N) is 1. The van der Waals surface area contributed by atoms with E-state index < -0.39 is 0 Å². The Labute approximate surface area is 123 Å². The molecule has 0 amide bonds. The fraction of sp³-hybridized carbons (Fsp3) is 0.154.